The Kier molecular flexibility index (Phi) is 4.29. The van der Waals surface area contributed by atoms with Crippen molar-refractivity contribution in [3.8, 4) is 5.69 Å². The predicted molar refractivity (Wildman–Crippen MR) is 87.4 cm³/mol. The zero-order valence-electron chi connectivity index (χ0n) is 13.7. The van der Waals surface area contributed by atoms with Gasteiger partial charge in [-0.3, -0.25) is 9.89 Å². The van der Waals surface area contributed by atoms with E-state index in [0.717, 1.165) is 11.3 Å². The Hall–Kier alpha value is -3.49. The summed E-state index contributed by atoms with van der Waals surface area (Å²) in [5.74, 6) is -1.46. The van der Waals surface area contributed by atoms with Gasteiger partial charge >= 0.3 is 5.97 Å². The minimum absolute atomic E-state index is 0.0961. The van der Waals surface area contributed by atoms with E-state index in [1.807, 2.05) is 31.2 Å². The molecule has 0 aliphatic rings. The quantitative estimate of drug-likeness (QED) is 0.722. The molecule has 9 nitrogen and oxygen atoms in total. The van der Waals surface area contributed by atoms with Crippen molar-refractivity contribution in [1.82, 2.24) is 30.1 Å². The maximum Gasteiger partial charge on any atom is 0.356 e. The van der Waals surface area contributed by atoms with Gasteiger partial charge in [-0.1, -0.05) is 22.9 Å². The van der Waals surface area contributed by atoms with Crippen molar-refractivity contribution >= 4 is 11.9 Å². The molecule has 128 valence electrons. The number of aryl methyl sites for hydroxylation is 1. The molecule has 2 aromatic heterocycles. The van der Waals surface area contributed by atoms with Crippen molar-refractivity contribution < 1.29 is 14.7 Å². The van der Waals surface area contributed by atoms with Gasteiger partial charge in [0.1, 0.15) is 0 Å². The van der Waals surface area contributed by atoms with Crippen LogP contribution in [0, 0.1) is 6.92 Å². The second kappa shape index (κ2) is 6.56. The Balaban J connectivity index is 1.71. The maximum atomic E-state index is 12.4. The highest BCUT2D eigenvalue weighted by molar-refractivity contribution is 5.91. The largest absolute Gasteiger partial charge is 0.476 e. The number of aromatic carboxylic acids is 1. The topological polar surface area (TPSA) is 117 Å². The fourth-order valence-corrected chi connectivity index (χ4v) is 2.26. The molecule has 9 heteroatoms. The number of aromatic amines is 1. The van der Waals surface area contributed by atoms with Crippen LogP contribution in [0.3, 0.4) is 0 Å². The summed E-state index contributed by atoms with van der Waals surface area (Å²) < 4.78 is 1.53. The van der Waals surface area contributed by atoms with Crippen LogP contribution < -0.4 is 0 Å². The van der Waals surface area contributed by atoms with Crippen molar-refractivity contribution in [1.29, 1.82) is 0 Å². The molecule has 0 aliphatic carbocycles. The fourth-order valence-electron chi connectivity index (χ4n) is 2.26. The van der Waals surface area contributed by atoms with Crippen LogP contribution in [0.2, 0.25) is 0 Å². The van der Waals surface area contributed by atoms with Gasteiger partial charge in [0.15, 0.2) is 11.4 Å². The van der Waals surface area contributed by atoms with Gasteiger partial charge in [0.2, 0.25) is 0 Å². The average Bonchev–Trinajstić information content (AvgIpc) is 3.24. The molecular weight excluding hydrogens is 324 g/mol. The summed E-state index contributed by atoms with van der Waals surface area (Å²) in [5, 5.41) is 23.0. The molecule has 1 amide bonds. The summed E-state index contributed by atoms with van der Waals surface area (Å²) in [7, 11) is 1.59. The first kappa shape index (κ1) is 16.4. The smallest absolute Gasteiger partial charge is 0.356 e. The molecule has 3 rings (SSSR count). The van der Waals surface area contributed by atoms with E-state index in [4.69, 9.17) is 5.11 Å². The van der Waals surface area contributed by atoms with Crippen LogP contribution in [-0.4, -0.2) is 54.1 Å². The number of hydrogen-bond donors (Lipinski definition) is 2. The molecule has 2 N–H and O–H groups in total. The van der Waals surface area contributed by atoms with Crippen molar-refractivity contribution in [2.24, 2.45) is 0 Å². The first-order chi connectivity index (χ1) is 11.9. The second-order valence-electron chi connectivity index (χ2n) is 5.63. The number of carbonyl (C=O) groups is 2. The van der Waals surface area contributed by atoms with Crippen molar-refractivity contribution in [2.75, 3.05) is 7.05 Å². The highest BCUT2D eigenvalue weighted by Gasteiger charge is 2.18. The zero-order chi connectivity index (χ0) is 18.0. The molecule has 2 heterocycles. The molecule has 0 unspecified atom stereocenters. The lowest BCUT2D eigenvalue weighted by Gasteiger charge is -2.13. The number of H-pyrrole nitrogens is 1. The van der Waals surface area contributed by atoms with Crippen molar-refractivity contribution in [2.45, 2.75) is 13.5 Å². The van der Waals surface area contributed by atoms with E-state index in [2.05, 4.69) is 20.5 Å². The van der Waals surface area contributed by atoms with Gasteiger partial charge in [0.05, 0.1) is 24.1 Å². The third kappa shape index (κ3) is 3.55. The summed E-state index contributed by atoms with van der Waals surface area (Å²) >= 11 is 0. The third-order valence-electron chi connectivity index (χ3n) is 3.62. The lowest BCUT2D eigenvalue weighted by atomic mass is 10.2. The monoisotopic (exact) mass is 340 g/mol. The van der Waals surface area contributed by atoms with Crippen LogP contribution in [0.25, 0.3) is 5.69 Å². The van der Waals surface area contributed by atoms with E-state index in [1.54, 1.807) is 13.2 Å². The summed E-state index contributed by atoms with van der Waals surface area (Å²) in [6, 6.07) is 9.06. The number of aromatic nitrogens is 5. The van der Waals surface area contributed by atoms with Gasteiger partial charge in [-0.05, 0) is 25.1 Å². The predicted octanol–water partition coefficient (Wildman–Crippen LogP) is 1.27. The molecule has 0 atom stereocenters. The molecule has 3 aromatic rings. The number of carboxylic acid groups (broad SMARTS) is 1. The van der Waals surface area contributed by atoms with Gasteiger partial charge in [-0.2, -0.15) is 5.10 Å². The van der Waals surface area contributed by atoms with Crippen LogP contribution in [0.1, 0.15) is 32.2 Å². The number of benzene rings is 1. The Morgan fingerprint density at radius 2 is 1.96 bits per heavy atom. The molecule has 0 bridgehead atoms. The molecule has 0 saturated carbocycles. The number of nitrogens with zero attached hydrogens (tertiary/aromatic N) is 5. The zero-order valence-corrected chi connectivity index (χ0v) is 13.7. The number of carbonyl (C=O) groups excluding carboxylic acids is 1. The van der Waals surface area contributed by atoms with Gasteiger partial charge in [-0.25, -0.2) is 9.48 Å². The summed E-state index contributed by atoms with van der Waals surface area (Å²) in [5.41, 5.74) is 2.54. The average molecular weight is 340 g/mol. The standard InChI is InChI=1S/C16H16N6O3/c1-10-3-5-12(6-4-10)22-9-14(19-20-22)15(23)21(2)8-11-7-13(16(24)25)18-17-11/h3-7,9H,8H2,1-2H3,(H,17,18)(H,24,25). The maximum absolute atomic E-state index is 12.4. The Morgan fingerprint density at radius 1 is 1.24 bits per heavy atom. The highest BCUT2D eigenvalue weighted by Crippen LogP contribution is 2.10. The number of rotatable bonds is 5. The van der Waals surface area contributed by atoms with Gasteiger partial charge < -0.3 is 10.0 Å². The molecule has 0 spiro atoms. The third-order valence-corrected chi connectivity index (χ3v) is 3.62. The number of nitrogens with one attached hydrogen (secondary N) is 1. The SMILES string of the molecule is Cc1ccc(-n2cc(C(=O)N(C)Cc3cc(C(=O)O)n[nH]3)nn2)cc1. The van der Waals surface area contributed by atoms with E-state index in [-0.39, 0.29) is 23.8 Å². The van der Waals surface area contributed by atoms with E-state index in [0.29, 0.717) is 5.69 Å². The molecular formula is C16H16N6O3. The van der Waals surface area contributed by atoms with Crippen LogP contribution in [0.5, 0.6) is 0 Å². The Morgan fingerprint density at radius 3 is 2.60 bits per heavy atom. The van der Waals surface area contributed by atoms with Crippen LogP contribution in [-0.2, 0) is 6.54 Å². The Labute approximate surface area is 142 Å². The number of amides is 1. The second-order valence-corrected chi connectivity index (χ2v) is 5.63. The first-order valence-corrected chi connectivity index (χ1v) is 7.46. The van der Waals surface area contributed by atoms with Crippen molar-refractivity contribution in [3.63, 3.8) is 0 Å². The van der Waals surface area contributed by atoms with Crippen molar-refractivity contribution in [3.05, 3.63) is 59.2 Å². The summed E-state index contributed by atoms with van der Waals surface area (Å²) in [6.07, 6.45) is 1.55. The van der Waals surface area contributed by atoms with E-state index >= 15 is 0 Å². The minimum Gasteiger partial charge on any atom is -0.476 e. The van der Waals surface area contributed by atoms with E-state index in [1.165, 1.54) is 15.6 Å². The lowest BCUT2D eigenvalue weighted by molar-refractivity contribution is 0.0690. The van der Waals surface area contributed by atoms with Crippen LogP contribution in [0.15, 0.2) is 36.5 Å². The first-order valence-electron chi connectivity index (χ1n) is 7.46. The number of hydrogen-bond acceptors (Lipinski definition) is 5. The van der Waals surface area contributed by atoms with E-state index in [9.17, 15) is 9.59 Å². The highest BCUT2D eigenvalue weighted by atomic mass is 16.4. The van der Waals surface area contributed by atoms with Crippen LogP contribution in [0.4, 0.5) is 0 Å². The molecule has 25 heavy (non-hydrogen) atoms. The van der Waals surface area contributed by atoms with Gasteiger partial charge in [0.25, 0.3) is 5.91 Å². The molecule has 1 aromatic carbocycles. The Bertz CT molecular complexity index is 912. The summed E-state index contributed by atoms with van der Waals surface area (Å²) in [4.78, 5) is 24.7. The van der Waals surface area contributed by atoms with Gasteiger partial charge in [0, 0.05) is 7.05 Å². The summed E-state index contributed by atoms with van der Waals surface area (Å²) in [6.45, 7) is 2.16. The molecule has 0 aliphatic heterocycles. The fraction of sp³-hybridized carbons (Fsp3) is 0.188. The molecule has 0 fully saturated rings. The molecule has 0 radical (unpaired) electrons. The van der Waals surface area contributed by atoms with Gasteiger partial charge in [-0.15, -0.1) is 5.10 Å². The minimum atomic E-state index is -1.13. The number of carboxylic acids is 1. The normalized spacial score (nSPS) is 10.6. The molecule has 0 saturated heterocycles. The van der Waals surface area contributed by atoms with Crippen LogP contribution >= 0.6 is 0 Å². The van der Waals surface area contributed by atoms with E-state index < -0.39 is 5.97 Å². The lowest BCUT2D eigenvalue weighted by Crippen LogP contribution is -2.26.